The van der Waals surface area contributed by atoms with Crippen LogP contribution in [0.15, 0.2) is 42.5 Å². The predicted molar refractivity (Wildman–Crippen MR) is 91.9 cm³/mol. The van der Waals surface area contributed by atoms with Crippen LogP contribution in [0.4, 0.5) is 15.8 Å². The van der Waals surface area contributed by atoms with Crippen LogP contribution in [0.1, 0.15) is 29.6 Å². The molecular formula is C18H18ClFN2O. The first-order chi connectivity index (χ1) is 11.1. The van der Waals surface area contributed by atoms with Gasteiger partial charge in [-0.05, 0) is 55.7 Å². The Balaban J connectivity index is 1.73. The molecule has 2 aromatic carbocycles. The molecule has 0 aromatic heterocycles. The van der Waals surface area contributed by atoms with Crippen LogP contribution in [0.2, 0.25) is 5.02 Å². The van der Waals surface area contributed by atoms with Crippen molar-refractivity contribution in [2.75, 3.05) is 23.3 Å². The molecule has 0 unspecified atom stereocenters. The highest BCUT2D eigenvalue weighted by Gasteiger charge is 2.15. The molecule has 0 atom stereocenters. The van der Waals surface area contributed by atoms with Gasteiger partial charge in [0, 0.05) is 29.4 Å². The Morgan fingerprint density at radius 1 is 1.09 bits per heavy atom. The Hall–Kier alpha value is -2.07. The molecule has 1 aliphatic heterocycles. The Kier molecular flexibility index (Phi) is 4.82. The highest BCUT2D eigenvalue weighted by atomic mass is 35.5. The van der Waals surface area contributed by atoms with Gasteiger partial charge in [0.15, 0.2) is 0 Å². The van der Waals surface area contributed by atoms with Crippen LogP contribution in [0.3, 0.4) is 0 Å². The van der Waals surface area contributed by atoms with Crippen molar-refractivity contribution < 1.29 is 9.18 Å². The van der Waals surface area contributed by atoms with Gasteiger partial charge in [-0.1, -0.05) is 17.7 Å². The van der Waals surface area contributed by atoms with E-state index >= 15 is 0 Å². The maximum absolute atomic E-state index is 14.3. The van der Waals surface area contributed by atoms with Gasteiger partial charge in [-0.3, -0.25) is 4.79 Å². The highest BCUT2D eigenvalue weighted by Crippen LogP contribution is 2.26. The molecule has 0 aliphatic carbocycles. The molecule has 5 heteroatoms. The molecule has 1 heterocycles. The first-order valence-corrected chi connectivity index (χ1v) is 8.13. The molecule has 1 fully saturated rings. The molecule has 1 saturated heterocycles. The Bertz CT molecular complexity index is 714. The van der Waals surface area contributed by atoms with Crippen LogP contribution < -0.4 is 10.2 Å². The summed E-state index contributed by atoms with van der Waals surface area (Å²) in [5, 5.41) is 3.19. The number of amides is 1. The van der Waals surface area contributed by atoms with Gasteiger partial charge < -0.3 is 10.2 Å². The zero-order valence-corrected chi connectivity index (χ0v) is 13.4. The molecule has 120 valence electrons. The minimum Gasteiger partial charge on any atom is -0.369 e. The van der Waals surface area contributed by atoms with Gasteiger partial charge in [-0.2, -0.15) is 0 Å². The Morgan fingerprint density at radius 2 is 1.87 bits per heavy atom. The first kappa shape index (κ1) is 15.8. The maximum Gasteiger partial charge on any atom is 0.255 e. The van der Waals surface area contributed by atoms with Crippen molar-refractivity contribution in [3.63, 3.8) is 0 Å². The monoisotopic (exact) mass is 332 g/mol. The van der Waals surface area contributed by atoms with Crippen molar-refractivity contribution in [2.45, 2.75) is 19.3 Å². The lowest BCUT2D eigenvalue weighted by molar-refractivity contribution is 0.102. The summed E-state index contributed by atoms with van der Waals surface area (Å²) in [5.74, 6) is -0.617. The average molecular weight is 333 g/mol. The van der Waals surface area contributed by atoms with E-state index in [0.717, 1.165) is 25.9 Å². The second-order valence-electron chi connectivity index (χ2n) is 5.68. The average Bonchev–Trinajstić information content (AvgIpc) is 2.56. The van der Waals surface area contributed by atoms with Gasteiger partial charge in [0.1, 0.15) is 5.82 Å². The fourth-order valence-electron chi connectivity index (χ4n) is 2.81. The normalized spacial score (nSPS) is 14.6. The number of halogens is 2. The largest absolute Gasteiger partial charge is 0.369 e. The molecule has 1 N–H and O–H groups in total. The van der Waals surface area contributed by atoms with Crippen LogP contribution in [0, 0.1) is 5.82 Å². The summed E-state index contributed by atoms with van der Waals surface area (Å²) in [6.45, 7) is 1.76. The topological polar surface area (TPSA) is 32.3 Å². The van der Waals surface area contributed by atoms with E-state index in [1.54, 1.807) is 36.4 Å². The minimum absolute atomic E-state index is 0.308. The SMILES string of the molecule is O=C(Nc1ccc(N2CCCCC2)c(F)c1)c1cccc(Cl)c1. The third kappa shape index (κ3) is 3.82. The predicted octanol–water partition coefficient (Wildman–Crippen LogP) is 4.72. The summed E-state index contributed by atoms with van der Waals surface area (Å²) in [4.78, 5) is 14.2. The van der Waals surface area contributed by atoms with Crippen LogP contribution >= 0.6 is 11.6 Å². The lowest BCUT2D eigenvalue weighted by Gasteiger charge is -2.29. The van der Waals surface area contributed by atoms with Gasteiger partial charge in [0.05, 0.1) is 5.69 Å². The lowest BCUT2D eigenvalue weighted by Crippen LogP contribution is -2.30. The van der Waals surface area contributed by atoms with Gasteiger partial charge in [-0.25, -0.2) is 4.39 Å². The van der Waals surface area contributed by atoms with Crippen molar-refractivity contribution in [2.24, 2.45) is 0 Å². The van der Waals surface area contributed by atoms with E-state index in [2.05, 4.69) is 10.2 Å². The zero-order valence-electron chi connectivity index (χ0n) is 12.7. The lowest BCUT2D eigenvalue weighted by atomic mass is 10.1. The van der Waals surface area contributed by atoms with Crippen molar-refractivity contribution >= 4 is 28.9 Å². The van der Waals surface area contributed by atoms with Gasteiger partial charge in [0.2, 0.25) is 0 Å². The molecule has 1 aliphatic rings. The number of rotatable bonds is 3. The molecule has 3 nitrogen and oxygen atoms in total. The standard InChI is InChI=1S/C18H18ClFN2O/c19-14-6-4-5-13(11-14)18(23)21-15-7-8-17(16(20)12-15)22-9-2-1-3-10-22/h4-8,11-12H,1-3,9-10H2,(H,21,23). The number of anilines is 2. The van der Waals surface area contributed by atoms with Crippen LogP contribution in [-0.2, 0) is 0 Å². The third-order valence-electron chi connectivity index (χ3n) is 3.99. The second kappa shape index (κ2) is 7.01. The molecule has 0 saturated carbocycles. The number of carbonyl (C=O) groups excluding carboxylic acids is 1. The minimum atomic E-state index is -0.309. The van der Waals surface area contributed by atoms with Gasteiger partial charge >= 0.3 is 0 Å². The van der Waals surface area contributed by atoms with Crippen LogP contribution in [-0.4, -0.2) is 19.0 Å². The summed E-state index contributed by atoms with van der Waals surface area (Å²) in [5.41, 5.74) is 1.48. The smallest absolute Gasteiger partial charge is 0.255 e. The summed E-state index contributed by atoms with van der Waals surface area (Å²) >= 11 is 5.88. The molecule has 0 bridgehead atoms. The van der Waals surface area contributed by atoms with E-state index in [-0.39, 0.29) is 11.7 Å². The Labute approximate surface area is 140 Å². The number of hydrogen-bond donors (Lipinski definition) is 1. The number of carbonyl (C=O) groups is 1. The molecule has 0 radical (unpaired) electrons. The fourth-order valence-corrected chi connectivity index (χ4v) is 3.00. The summed E-state index contributed by atoms with van der Waals surface area (Å²) in [7, 11) is 0. The van der Waals surface area contributed by atoms with E-state index in [1.165, 1.54) is 12.5 Å². The van der Waals surface area contributed by atoms with Gasteiger partial charge in [-0.15, -0.1) is 0 Å². The number of benzene rings is 2. The second-order valence-corrected chi connectivity index (χ2v) is 6.11. The molecule has 2 aromatic rings. The van der Waals surface area contributed by atoms with Crippen LogP contribution in [0.5, 0.6) is 0 Å². The first-order valence-electron chi connectivity index (χ1n) is 7.75. The molecule has 1 amide bonds. The van der Waals surface area contributed by atoms with Crippen molar-refractivity contribution in [1.29, 1.82) is 0 Å². The van der Waals surface area contributed by atoms with E-state index in [1.807, 2.05) is 0 Å². The van der Waals surface area contributed by atoms with Gasteiger partial charge in [0.25, 0.3) is 5.91 Å². The third-order valence-corrected chi connectivity index (χ3v) is 4.22. The highest BCUT2D eigenvalue weighted by molar-refractivity contribution is 6.31. The summed E-state index contributed by atoms with van der Waals surface area (Å²) < 4.78 is 14.3. The maximum atomic E-state index is 14.3. The number of hydrogen-bond acceptors (Lipinski definition) is 2. The number of nitrogens with one attached hydrogen (secondary N) is 1. The van der Waals surface area contributed by atoms with Crippen molar-refractivity contribution in [3.05, 3.63) is 58.9 Å². The summed E-state index contributed by atoms with van der Waals surface area (Å²) in [6.07, 6.45) is 3.38. The van der Waals surface area contributed by atoms with E-state index in [4.69, 9.17) is 11.6 Å². The van der Waals surface area contributed by atoms with Crippen molar-refractivity contribution in [1.82, 2.24) is 0 Å². The molecule has 0 spiro atoms. The molecule has 3 rings (SSSR count). The summed E-state index contributed by atoms with van der Waals surface area (Å²) in [6, 6.07) is 11.5. The fraction of sp³-hybridized carbons (Fsp3) is 0.278. The van der Waals surface area contributed by atoms with Crippen molar-refractivity contribution in [3.8, 4) is 0 Å². The number of piperidine rings is 1. The van der Waals surface area contributed by atoms with E-state index in [9.17, 15) is 9.18 Å². The quantitative estimate of drug-likeness (QED) is 0.882. The van der Waals surface area contributed by atoms with E-state index in [0.29, 0.717) is 22.0 Å². The van der Waals surface area contributed by atoms with E-state index < -0.39 is 0 Å². The Morgan fingerprint density at radius 3 is 2.57 bits per heavy atom. The van der Waals surface area contributed by atoms with Crippen LogP contribution in [0.25, 0.3) is 0 Å². The number of nitrogens with zero attached hydrogens (tertiary/aromatic N) is 1. The molecular weight excluding hydrogens is 315 g/mol. The zero-order chi connectivity index (χ0) is 16.2. The molecule has 23 heavy (non-hydrogen) atoms.